The molecule has 0 spiro atoms. The molecule has 0 aliphatic carbocycles. The molecule has 1 fully saturated rings. The van der Waals surface area contributed by atoms with Crippen LogP contribution in [0.15, 0.2) is 36.7 Å². The number of aryl methyl sites for hydroxylation is 1. The van der Waals surface area contributed by atoms with E-state index in [1.807, 2.05) is 37.4 Å². The predicted octanol–water partition coefficient (Wildman–Crippen LogP) is 1.69. The number of amides is 1. The van der Waals surface area contributed by atoms with Crippen molar-refractivity contribution < 1.29 is 9.53 Å². The quantitative estimate of drug-likeness (QED) is 0.778. The van der Waals surface area contributed by atoms with Gasteiger partial charge in [-0.25, -0.2) is 4.98 Å². The molecular weight excluding hydrogens is 316 g/mol. The number of ether oxygens (including phenoxy) is 1. The second kappa shape index (κ2) is 8.78. The Morgan fingerprint density at radius 1 is 1.24 bits per heavy atom. The van der Waals surface area contributed by atoms with Gasteiger partial charge in [-0.05, 0) is 37.6 Å². The summed E-state index contributed by atoms with van der Waals surface area (Å²) in [6.45, 7) is 8.08. The Labute approximate surface area is 148 Å². The molecule has 1 amide bonds. The number of hydrogen-bond acceptors (Lipinski definition) is 4. The van der Waals surface area contributed by atoms with Crippen LogP contribution in [-0.4, -0.2) is 59.8 Å². The average molecular weight is 342 g/mol. The first-order chi connectivity index (χ1) is 12.2. The summed E-state index contributed by atoms with van der Waals surface area (Å²) in [4.78, 5) is 18.8. The van der Waals surface area contributed by atoms with Crippen LogP contribution in [0, 0.1) is 6.92 Å². The second-order valence-electron chi connectivity index (χ2n) is 6.36. The number of imidazole rings is 1. The Bertz CT molecular complexity index is 675. The second-order valence-corrected chi connectivity index (χ2v) is 6.36. The fraction of sp³-hybridized carbons (Fsp3) is 0.474. The van der Waals surface area contributed by atoms with E-state index in [-0.39, 0.29) is 5.91 Å². The topological polar surface area (TPSA) is 59.4 Å². The van der Waals surface area contributed by atoms with Gasteiger partial charge in [0, 0.05) is 44.1 Å². The number of hydrogen-bond donors (Lipinski definition) is 1. The molecule has 1 N–H and O–H groups in total. The number of rotatable bonds is 7. The first-order valence-corrected chi connectivity index (χ1v) is 8.87. The van der Waals surface area contributed by atoms with Crippen LogP contribution in [0.3, 0.4) is 0 Å². The van der Waals surface area contributed by atoms with Crippen LogP contribution >= 0.6 is 0 Å². The van der Waals surface area contributed by atoms with E-state index in [2.05, 4.69) is 19.8 Å². The van der Waals surface area contributed by atoms with E-state index in [0.717, 1.165) is 57.2 Å². The fourth-order valence-corrected chi connectivity index (χ4v) is 2.96. The molecule has 0 bridgehead atoms. The average Bonchev–Trinajstić information content (AvgIpc) is 3.05. The van der Waals surface area contributed by atoms with E-state index in [1.165, 1.54) is 0 Å². The van der Waals surface area contributed by atoms with Crippen LogP contribution in [0.2, 0.25) is 0 Å². The van der Waals surface area contributed by atoms with Gasteiger partial charge in [0.2, 0.25) is 0 Å². The summed E-state index contributed by atoms with van der Waals surface area (Å²) in [5.41, 5.74) is 1.86. The molecule has 25 heavy (non-hydrogen) atoms. The number of nitrogens with zero attached hydrogens (tertiary/aromatic N) is 3. The maximum absolute atomic E-state index is 12.2. The zero-order valence-electron chi connectivity index (χ0n) is 14.8. The normalized spacial score (nSPS) is 15.2. The smallest absolute Gasteiger partial charge is 0.251 e. The lowest BCUT2D eigenvalue weighted by Gasteiger charge is -2.26. The van der Waals surface area contributed by atoms with E-state index < -0.39 is 0 Å². The predicted molar refractivity (Wildman–Crippen MR) is 96.7 cm³/mol. The Hall–Kier alpha value is -2.18. The molecule has 0 atom stereocenters. The van der Waals surface area contributed by atoms with Gasteiger partial charge in [0.05, 0.1) is 13.2 Å². The minimum atomic E-state index is -0.00709. The molecular formula is C19H26N4O2. The van der Waals surface area contributed by atoms with Gasteiger partial charge in [0.15, 0.2) is 0 Å². The molecule has 6 heteroatoms. The van der Waals surface area contributed by atoms with Crippen molar-refractivity contribution in [1.29, 1.82) is 0 Å². The highest BCUT2D eigenvalue weighted by Crippen LogP contribution is 2.08. The lowest BCUT2D eigenvalue weighted by Crippen LogP contribution is -2.38. The Kier molecular flexibility index (Phi) is 6.19. The van der Waals surface area contributed by atoms with Crippen molar-refractivity contribution in [3.8, 4) is 0 Å². The molecule has 1 aromatic carbocycles. The number of carbonyl (C=O) groups excluding carboxylic acids is 1. The molecule has 3 rings (SSSR count). The van der Waals surface area contributed by atoms with Crippen LogP contribution in [0.4, 0.5) is 0 Å². The fourth-order valence-electron chi connectivity index (χ4n) is 2.96. The Balaban J connectivity index is 1.42. The third kappa shape index (κ3) is 5.14. The zero-order valence-corrected chi connectivity index (χ0v) is 14.8. The largest absolute Gasteiger partial charge is 0.379 e. The van der Waals surface area contributed by atoms with E-state index in [0.29, 0.717) is 12.1 Å². The summed E-state index contributed by atoms with van der Waals surface area (Å²) < 4.78 is 7.42. The highest BCUT2D eigenvalue weighted by molar-refractivity contribution is 5.94. The van der Waals surface area contributed by atoms with Gasteiger partial charge in [-0.15, -0.1) is 0 Å². The van der Waals surface area contributed by atoms with Crippen LogP contribution < -0.4 is 5.32 Å². The van der Waals surface area contributed by atoms with Gasteiger partial charge in [-0.3, -0.25) is 9.69 Å². The minimum absolute atomic E-state index is 0.00709. The standard InChI is InChI=1S/C19H26N4O2/c1-16-20-8-10-23(16)15-17-3-5-18(6-4-17)19(24)21-7-2-9-22-11-13-25-14-12-22/h3-6,8,10H,2,7,9,11-15H2,1H3,(H,21,24). The van der Waals surface area contributed by atoms with Crippen molar-refractivity contribution in [3.63, 3.8) is 0 Å². The van der Waals surface area contributed by atoms with Crippen molar-refractivity contribution in [2.45, 2.75) is 19.9 Å². The molecule has 2 heterocycles. The molecule has 134 valence electrons. The number of morpholine rings is 1. The molecule has 0 radical (unpaired) electrons. The summed E-state index contributed by atoms with van der Waals surface area (Å²) in [7, 11) is 0. The first-order valence-electron chi connectivity index (χ1n) is 8.87. The maximum atomic E-state index is 12.2. The van der Waals surface area contributed by atoms with Crippen LogP contribution in [-0.2, 0) is 11.3 Å². The van der Waals surface area contributed by atoms with Crippen LogP contribution in [0.5, 0.6) is 0 Å². The number of benzene rings is 1. The highest BCUT2D eigenvalue weighted by atomic mass is 16.5. The van der Waals surface area contributed by atoms with E-state index in [9.17, 15) is 4.79 Å². The molecule has 0 unspecified atom stereocenters. The molecule has 0 saturated carbocycles. The summed E-state index contributed by atoms with van der Waals surface area (Å²) in [6.07, 6.45) is 4.72. The molecule has 1 aliphatic rings. The van der Waals surface area contributed by atoms with E-state index >= 15 is 0 Å². The van der Waals surface area contributed by atoms with Crippen LogP contribution in [0.1, 0.15) is 28.2 Å². The van der Waals surface area contributed by atoms with Crippen molar-refractivity contribution in [1.82, 2.24) is 19.8 Å². The number of aromatic nitrogens is 2. The van der Waals surface area contributed by atoms with Gasteiger partial charge in [0.25, 0.3) is 5.91 Å². The summed E-state index contributed by atoms with van der Waals surface area (Å²) in [6, 6.07) is 7.78. The lowest BCUT2D eigenvalue weighted by molar-refractivity contribution is 0.0374. The van der Waals surface area contributed by atoms with Gasteiger partial charge in [0.1, 0.15) is 5.82 Å². The third-order valence-electron chi connectivity index (χ3n) is 4.53. The van der Waals surface area contributed by atoms with E-state index in [4.69, 9.17) is 4.74 Å². The first kappa shape index (κ1) is 17.6. The number of nitrogens with one attached hydrogen (secondary N) is 1. The Morgan fingerprint density at radius 3 is 2.68 bits per heavy atom. The highest BCUT2D eigenvalue weighted by Gasteiger charge is 2.10. The van der Waals surface area contributed by atoms with Crippen LogP contribution in [0.25, 0.3) is 0 Å². The maximum Gasteiger partial charge on any atom is 0.251 e. The minimum Gasteiger partial charge on any atom is -0.379 e. The summed E-state index contributed by atoms with van der Waals surface area (Å²) >= 11 is 0. The van der Waals surface area contributed by atoms with E-state index in [1.54, 1.807) is 6.20 Å². The van der Waals surface area contributed by atoms with Crippen molar-refractivity contribution >= 4 is 5.91 Å². The third-order valence-corrected chi connectivity index (χ3v) is 4.53. The zero-order chi connectivity index (χ0) is 17.5. The Morgan fingerprint density at radius 2 is 2.00 bits per heavy atom. The van der Waals surface area contributed by atoms with Gasteiger partial charge in [-0.2, -0.15) is 0 Å². The van der Waals surface area contributed by atoms with Gasteiger partial charge in [-0.1, -0.05) is 12.1 Å². The molecule has 1 aliphatic heterocycles. The summed E-state index contributed by atoms with van der Waals surface area (Å²) in [5.74, 6) is 0.981. The molecule has 2 aromatic rings. The van der Waals surface area contributed by atoms with Gasteiger partial charge < -0.3 is 14.6 Å². The van der Waals surface area contributed by atoms with Crippen molar-refractivity contribution in [2.75, 3.05) is 39.4 Å². The molecule has 1 aromatic heterocycles. The van der Waals surface area contributed by atoms with Crippen molar-refractivity contribution in [3.05, 3.63) is 53.6 Å². The van der Waals surface area contributed by atoms with Crippen molar-refractivity contribution in [2.24, 2.45) is 0 Å². The monoisotopic (exact) mass is 342 g/mol. The molecule has 1 saturated heterocycles. The summed E-state index contributed by atoms with van der Waals surface area (Å²) in [5, 5.41) is 3.00. The number of carbonyl (C=O) groups is 1. The molecule has 6 nitrogen and oxygen atoms in total. The SMILES string of the molecule is Cc1nccn1Cc1ccc(C(=O)NCCCN2CCOCC2)cc1. The van der Waals surface area contributed by atoms with Gasteiger partial charge >= 0.3 is 0 Å². The lowest BCUT2D eigenvalue weighted by atomic mass is 10.1.